The SMILES string of the molecule is CC1(C)C(=O)NC(=O)CN1C(=O)c1cccc(Br)n1. The van der Waals surface area contributed by atoms with E-state index in [1.165, 1.54) is 4.90 Å². The third-order valence-corrected chi connectivity index (χ3v) is 3.41. The van der Waals surface area contributed by atoms with Gasteiger partial charge in [-0.05, 0) is 41.9 Å². The zero-order chi connectivity index (χ0) is 14.2. The molecule has 6 nitrogen and oxygen atoms in total. The number of nitrogens with zero attached hydrogens (tertiary/aromatic N) is 2. The Bertz CT molecular complexity index is 571. The Kier molecular flexibility index (Phi) is 3.40. The number of amides is 3. The van der Waals surface area contributed by atoms with Crippen LogP contribution in [0.2, 0.25) is 0 Å². The van der Waals surface area contributed by atoms with Crippen LogP contribution in [0.5, 0.6) is 0 Å². The van der Waals surface area contributed by atoms with Gasteiger partial charge in [-0.2, -0.15) is 0 Å². The van der Waals surface area contributed by atoms with Crippen LogP contribution in [0.1, 0.15) is 24.3 Å². The second kappa shape index (κ2) is 4.73. The molecule has 0 aliphatic carbocycles. The molecule has 1 aliphatic rings. The van der Waals surface area contributed by atoms with Crippen molar-refractivity contribution < 1.29 is 14.4 Å². The molecule has 0 bridgehead atoms. The predicted molar refractivity (Wildman–Crippen MR) is 70.2 cm³/mol. The molecule has 1 saturated heterocycles. The van der Waals surface area contributed by atoms with Crippen LogP contribution in [-0.4, -0.2) is 39.7 Å². The van der Waals surface area contributed by atoms with Gasteiger partial charge in [0.2, 0.25) is 5.91 Å². The molecule has 1 aromatic heterocycles. The summed E-state index contributed by atoms with van der Waals surface area (Å²) in [5.74, 6) is -1.44. The Hall–Kier alpha value is -1.76. The van der Waals surface area contributed by atoms with Crippen molar-refractivity contribution in [2.24, 2.45) is 0 Å². The Morgan fingerprint density at radius 1 is 1.42 bits per heavy atom. The molecule has 0 spiro atoms. The molecule has 2 rings (SSSR count). The van der Waals surface area contributed by atoms with Crippen molar-refractivity contribution in [2.45, 2.75) is 19.4 Å². The number of hydrogen-bond acceptors (Lipinski definition) is 4. The van der Waals surface area contributed by atoms with E-state index in [-0.39, 0.29) is 12.2 Å². The molecule has 0 radical (unpaired) electrons. The van der Waals surface area contributed by atoms with E-state index in [1.807, 2.05) is 0 Å². The van der Waals surface area contributed by atoms with Gasteiger partial charge in [0, 0.05) is 0 Å². The molecule has 19 heavy (non-hydrogen) atoms. The quantitative estimate of drug-likeness (QED) is 0.609. The summed E-state index contributed by atoms with van der Waals surface area (Å²) in [7, 11) is 0. The molecular weight excluding hydrogens is 314 g/mol. The van der Waals surface area contributed by atoms with Crippen molar-refractivity contribution in [3.63, 3.8) is 0 Å². The van der Waals surface area contributed by atoms with Gasteiger partial charge in [-0.25, -0.2) is 4.98 Å². The summed E-state index contributed by atoms with van der Waals surface area (Å²) in [5.41, 5.74) is -0.903. The van der Waals surface area contributed by atoms with E-state index >= 15 is 0 Å². The number of aromatic nitrogens is 1. The molecule has 100 valence electrons. The number of hydrogen-bond donors (Lipinski definition) is 1. The van der Waals surface area contributed by atoms with Crippen LogP contribution in [0.3, 0.4) is 0 Å². The van der Waals surface area contributed by atoms with Crippen LogP contribution >= 0.6 is 15.9 Å². The number of nitrogens with one attached hydrogen (secondary N) is 1. The summed E-state index contributed by atoms with van der Waals surface area (Å²) < 4.78 is 0.518. The number of pyridine rings is 1. The van der Waals surface area contributed by atoms with Gasteiger partial charge in [-0.3, -0.25) is 19.7 Å². The average Bonchev–Trinajstić information content (AvgIpc) is 2.33. The highest BCUT2D eigenvalue weighted by molar-refractivity contribution is 9.10. The average molecular weight is 326 g/mol. The maximum absolute atomic E-state index is 12.4. The van der Waals surface area contributed by atoms with E-state index in [1.54, 1.807) is 32.0 Å². The van der Waals surface area contributed by atoms with Gasteiger partial charge in [0.1, 0.15) is 22.4 Å². The first-order valence-electron chi connectivity index (χ1n) is 5.61. The fraction of sp³-hybridized carbons (Fsp3) is 0.333. The summed E-state index contributed by atoms with van der Waals surface area (Å²) in [5, 5.41) is 2.22. The van der Waals surface area contributed by atoms with Crippen molar-refractivity contribution in [1.82, 2.24) is 15.2 Å². The number of imide groups is 1. The maximum atomic E-state index is 12.4. The summed E-state index contributed by atoms with van der Waals surface area (Å²) in [6.07, 6.45) is 0. The second-order valence-corrected chi connectivity index (χ2v) is 5.49. The zero-order valence-corrected chi connectivity index (χ0v) is 12.0. The Labute approximate surface area is 118 Å². The number of piperazine rings is 1. The second-order valence-electron chi connectivity index (χ2n) is 4.67. The Morgan fingerprint density at radius 2 is 2.11 bits per heavy atom. The van der Waals surface area contributed by atoms with Gasteiger partial charge in [0.15, 0.2) is 0 Å². The van der Waals surface area contributed by atoms with Gasteiger partial charge in [-0.15, -0.1) is 0 Å². The van der Waals surface area contributed by atoms with E-state index in [4.69, 9.17) is 0 Å². The van der Waals surface area contributed by atoms with E-state index in [2.05, 4.69) is 26.2 Å². The Balaban J connectivity index is 2.36. The van der Waals surface area contributed by atoms with Crippen LogP contribution in [0, 0.1) is 0 Å². The molecule has 2 heterocycles. The van der Waals surface area contributed by atoms with Gasteiger partial charge in [0.25, 0.3) is 11.8 Å². The molecule has 1 fully saturated rings. The number of halogens is 1. The lowest BCUT2D eigenvalue weighted by Gasteiger charge is -2.39. The molecule has 0 aromatic carbocycles. The zero-order valence-electron chi connectivity index (χ0n) is 10.4. The third kappa shape index (κ3) is 2.51. The number of carbonyl (C=O) groups is 3. The smallest absolute Gasteiger partial charge is 0.273 e. The van der Waals surface area contributed by atoms with Crippen LogP contribution in [0.25, 0.3) is 0 Å². The minimum Gasteiger partial charge on any atom is -0.314 e. The van der Waals surface area contributed by atoms with Crippen molar-refractivity contribution in [1.29, 1.82) is 0 Å². The normalized spacial score (nSPS) is 18.2. The van der Waals surface area contributed by atoms with Crippen molar-refractivity contribution >= 4 is 33.7 Å². The van der Waals surface area contributed by atoms with E-state index in [0.29, 0.717) is 4.60 Å². The summed E-state index contributed by atoms with van der Waals surface area (Å²) in [6, 6.07) is 4.90. The standard InChI is InChI=1S/C12H12BrN3O3/c1-12(2)11(19)15-9(17)6-16(12)10(18)7-4-3-5-8(13)14-7/h3-5H,6H2,1-2H3,(H,15,17,19). The largest absolute Gasteiger partial charge is 0.314 e. The van der Waals surface area contributed by atoms with Gasteiger partial charge < -0.3 is 4.90 Å². The molecular formula is C12H12BrN3O3. The van der Waals surface area contributed by atoms with Crippen LogP contribution in [-0.2, 0) is 9.59 Å². The fourth-order valence-electron chi connectivity index (χ4n) is 1.77. The third-order valence-electron chi connectivity index (χ3n) is 2.96. The van der Waals surface area contributed by atoms with Crippen LogP contribution < -0.4 is 5.32 Å². The van der Waals surface area contributed by atoms with Crippen molar-refractivity contribution in [3.05, 3.63) is 28.5 Å². The lowest BCUT2D eigenvalue weighted by atomic mass is 9.98. The summed E-state index contributed by atoms with van der Waals surface area (Å²) in [6.45, 7) is 3.01. The van der Waals surface area contributed by atoms with E-state index in [9.17, 15) is 14.4 Å². The fourth-order valence-corrected chi connectivity index (χ4v) is 2.12. The first-order valence-corrected chi connectivity index (χ1v) is 6.40. The topological polar surface area (TPSA) is 79.4 Å². The lowest BCUT2D eigenvalue weighted by molar-refractivity contribution is -0.143. The Morgan fingerprint density at radius 3 is 2.74 bits per heavy atom. The lowest BCUT2D eigenvalue weighted by Crippen LogP contribution is -2.65. The molecule has 1 N–H and O–H groups in total. The maximum Gasteiger partial charge on any atom is 0.273 e. The predicted octanol–water partition coefficient (Wildman–Crippen LogP) is 0.721. The molecule has 1 aromatic rings. The highest BCUT2D eigenvalue weighted by Gasteiger charge is 2.44. The molecule has 0 atom stereocenters. The first-order chi connectivity index (χ1) is 8.82. The summed E-state index contributed by atoms with van der Waals surface area (Å²) >= 11 is 3.18. The molecule has 0 saturated carbocycles. The molecule has 0 unspecified atom stereocenters. The highest BCUT2D eigenvalue weighted by Crippen LogP contribution is 2.21. The molecule has 3 amide bonds. The monoisotopic (exact) mass is 325 g/mol. The van der Waals surface area contributed by atoms with Gasteiger partial charge in [0.05, 0.1) is 0 Å². The molecule has 1 aliphatic heterocycles. The first kappa shape index (κ1) is 13.7. The number of rotatable bonds is 1. The van der Waals surface area contributed by atoms with E-state index < -0.39 is 23.3 Å². The molecule has 7 heteroatoms. The van der Waals surface area contributed by atoms with Crippen LogP contribution in [0.4, 0.5) is 0 Å². The van der Waals surface area contributed by atoms with Crippen molar-refractivity contribution in [2.75, 3.05) is 6.54 Å². The van der Waals surface area contributed by atoms with E-state index in [0.717, 1.165) is 0 Å². The van der Waals surface area contributed by atoms with Gasteiger partial charge in [-0.1, -0.05) is 6.07 Å². The minimum atomic E-state index is -1.09. The van der Waals surface area contributed by atoms with Crippen LogP contribution in [0.15, 0.2) is 22.8 Å². The van der Waals surface area contributed by atoms with Gasteiger partial charge >= 0.3 is 0 Å². The number of carbonyl (C=O) groups excluding carboxylic acids is 3. The minimum absolute atomic E-state index is 0.161. The highest BCUT2D eigenvalue weighted by atomic mass is 79.9. The summed E-state index contributed by atoms with van der Waals surface area (Å²) in [4.78, 5) is 40.8. The van der Waals surface area contributed by atoms with Crippen molar-refractivity contribution in [3.8, 4) is 0 Å².